The predicted molar refractivity (Wildman–Crippen MR) is 87.8 cm³/mol. The molecule has 8 heteroatoms. The van der Waals surface area contributed by atoms with Gasteiger partial charge in [-0.3, -0.25) is 0 Å². The van der Waals surface area contributed by atoms with Crippen molar-refractivity contribution in [3.05, 3.63) is 22.4 Å². The van der Waals surface area contributed by atoms with Crippen molar-refractivity contribution in [2.75, 3.05) is 32.8 Å². The van der Waals surface area contributed by atoms with Crippen molar-refractivity contribution >= 4 is 5.82 Å². The van der Waals surface area contributed by atoms with E-state index < -0.39 is 4.92 Å². The second-order valence-electron chi connectivity index (χ2n) is 6.50. The molecule has 1 aromatic heterocycles. The molecular formula is C16H26N4O4. The van der Waals surface area contributed by atoms with Gasteiger partial charge in [0.15, 0.2) is 6.29 Å². The highest BCUT2D eigenvalue weighted by Gasteiger charge is 2.24. The Morgan fingerprint density at radius 1 is 1.33 bits per heavy atom. The predicted octanol–water partition coefficient (Wildman–Crippen LogP) is 2.36. The largest absolute Gasteiger partial charge is 0.389 e. The van der Waals surface area contributed by atoms with Crippen LogP contribution in [0.2, 0.25) is 0 Å². The van der Waals surface area contributed by atoms with Crippen molar-refractivity contribution in [3.8, 4) is 0 Å². The van der Waals surface area contributed by atoms with E-state index in [1.54, 1.807) is 10.9 Å². The molecule has 2 saturated heterocycles. The van der Waals surface area contributed by atoms with Crippen LogP contribution in [-0.4, -0.2) is 58.7 Å². The van der Waals surface area contributed by atoms with Gasteiger partial charge in [0.05, 0.1) is 30.0 Å². The molecule has 1 atom stereocenters. The maximum atomic E-state index is 10.7. The number of nitrogens with zero attached hydrogens (tertiary/aromatic N) is 4. The van der Waals surface area contributed by atoms with E-state index in [0.29, 0.717) is 0 Å². The summed E-state index contributed by atoms with van der Waals surface area (Å²) in [6, 6.07) is 1.73. The zero-order valence-electron chi connectivity index (χ0n) is 14.0. The molecule has 0 aliphatic carbocycles. The Balaban J connectivity index is 1.32. The zero-order valence-corrected chi connectivity index (χ0v) is 14.0. The molecule has 0 N–H and O–H groups in total. The number of piperidine rings is 1. The minimum absolute atomic E-state index is 0.0000854. The molecule has 0 bridgehead atoms. The summed E-state index contributed by atoms with van der Waals surface area (Å²) in [5.41, 5.74) is 0. The number of hydrogen-bond donors (Lipinski definition) is 0. The minimum Gasteiger partial charge on any atom is -0.358 e. The molecule has 3 heterocycles. The molecule has 1 unspecified atom stereocenters. The molecule has 2 aliphatic heterocycles. The second kappa shape index (κ2) is 8.55. The van der Waals surface area contributed by atoms with Crippen molar-refractivity contribution < 1.29 is 14.4 Å². The molecule has 2 aliphatic rings. The fraction of sp³-hybridized carbons (Fsp3) is 0.812. The molecule has 1 aromatic rings. The number of hydrogen-bond acceptors (Lipinski definition) is 6. The van der Waals surface area contributed by atoms with Crippen LogP contribution >= 0.6 is 0 Å². The summed E-state index contributed by atoms with van der Waals surface area (Å²) in [5, 5.41) is 14.8. The van der Waals surface area contributed by atoms with E-state index in [9.17, 15) is 10.1 Å². The smallest absolute Gasteiger partial charge is 0.358 e. The number of nitro groups is 1. The summed E-state index contributed by atoms with van der Waals surface area (Å²) in [7, 11) is 0. The van der Waals surface area contributed by atoms with Gasteiger partial charge in [-0.05, 0) is 43.4 Å². The lowest BCUT2D eigenvalue weighted by Gasteiger charge is -2.31. The van der Waals surface area contributed by atoms with Crippen molar-refractivity contribution in [2.24, 2.45) is 0 Å². The lowest BCUT2D eigenvalue weighted by atomic mass is 10.1. The van der Waals surface area contributed by atoms with Crippen LogP contribution in [0.25, 0.3) is 0 Å². The Labute approximate surface area is 141 Å². The first kappa shape index (κ1) is 17.3. The standard InChI is InChI=1S/C16H26N4O4/c21-20(22)15-7-11-19(17-15)14-5-9-18(10-6-14)8-3-13-24-16-4-1-2-12-23-16/h7,11,14,16H,1-6,8-10,12-13H2. The Hall–Kier alpha value is -1.51. The third-order valence-electron chi connectivity index (χ3n) is 4.77. The molecule has 2 fully saturated rings. The van der Waals surface area contributed by atoms with E-state index in [2.05, 4.69) is 10.00 Å². The number of ether oxygens (including phenoxy) is 2. The minimum atomic E-state index is -0.443. The Kier molecular flexibility index (Phi) is 6.17. The van der Waals surface area contributed by atoms with Gasteiger partial charge in [-0.1, -0.05) is 0 Å². The van der Waals surface area contributed by atoms with Crippen molar-refractivity contribution in [3.63, 3.8) is 0 Å². The maximum absolute atomic E-state index is 10.7. The number of aromatic nitrogens is 2. The van der Waals surface area contributed by atoms with Crippen LogP contribution in [0, 0.1) is 10.1 Å². The Bertz CT molecular complexity index is 522. The number of rotatable bonds is 7. The van der Waals surface area contributed by atoms with Gasteiger partial charge in [0.2, 0.25) is 0 Å². The van der Waals surface area contributed by atoms with Crippen molar-refractivity contribution in [1.82, 2.24) is 14.7 Å². The molecule has 0 radical (unpaired) electrons. The topological polar surface area (TPSA) is 82.7 Å². The molecule has 134 valence electrons. The molecule has 0 saturated carbocycles. The van der Waals surface area contributed by atoms with Crippen LogP contribution in [0.3, 0.4) is 0 Å². The fourth-order valence-electron chi connectivity index (χ4n) is 3.38. The SMILES string of the molecule is O=[N+]([O-])c1ccn(C2CCN(CCCOC3CCCCO3)CC2)n1. The Morgan fingerprint density at radius 2 is 2.17 bits per heavy atom. The van der Waals surface area contributed by atoms with Crippen molar-refractivity contribution in [1.29, 1.82) is 0 Å². The molecule has 0 spiro atoms. The normalized spacial score (nSPS) is 23.4. The van der Waals surface area contributed by atoms with Crippen LogP contribution in [-0.2, 0) is 9.47 Å². The average molecular weight is 338 g/mol. The monoisotopic (exact) mass is 338 g/mol. The second-order valence-corrected chi connectivity index (χ2v) is 6.50. The van der Waals surface area contributed by atoms with Crippen LogP contribution in [0.5, 0.6) is 0 Å². The lowest BCUT2D eigenvalue weighted by molar-refractivity contribution is -0.389. The molecule has 24 heavy (non-hydrogen) atoms. The van der Waals surface area contributed by atoms with Crippen LogP contribution in [0.4, 0.5) is 5.82 Å². The van der Waals surface area contributed by atoms with Crippen LogP contribution in [0.1, 0.15) is 44.6 Å². The summed E-state index contributed by atoms with van der Waals surface area (Å²) in [5.74, 6) is -0.0699. The summed E-state index contributed by atoms with van der Waals surface area (Å²) in [6.07, 6.45) is 8.05. The van der Waals surface area contributed by atoms with E-state index in [-0.39, 0.29) is 18.1 Å². The highest BCUT2D eigenvalue weighted by atomic mass is 16.7. The lowest BCUT2D eigenvalue weighted by Crippen LogP contribution is -2.36. The maximum Gasteiger partial charge on any atom is 0.389 e. The summed E-state index contributed by atoms with van der Waals surface area (Å²) < 4.78 is 13.1. The van der Waals surface area contributed by atoms with Gasteiger partial charge in [-0.15, -0.1) is 0 Å². The first-order valence-electron chi connectivity index (χ1n) is 8.87. The first-order chi connectivity index (χ1) is 11.7. The average Bonchev–Trinajstić information content (AvgIpc) is 3.11. The van der Waals surface area contributed by atoms with E-state index in [4.69, 9.17) is 9.47 Å². The van der Waals surface area contributed by atoms with E-state index >= 15 is 0 Å². The van der Waals surface area contributed by atoms with Crippen LogP contribution < -0.4 is 0 Å². The van der Waals surface area contributed by atoms with Gasteiger partial charge >= 0.3 is 5.82 Å². The van der Waals surface area contributed by atoms with Crippen LogP contribution in [0.15, 0.2) is 12.3 Å². The summed E-state index contributed by atoms with van der Waals surface area (Å²) in [4.78, 5) is 12.7. The third kappa shape index (κ3) is 4.75. The first-order valence-corrected chi connectivity index (χ1v) is 8.87. The van der Waals surface area contributed by atoms with Gasteiger partial charge in [0.25, 0.3) is 0 Å². The van der Waals surface area contributed by atoms with E-state index in [1.807, 2.05) is 0 Å². The molecule has 0 aromatic carbocycles. The molecular weight excluding hydrogens is 312 g/mol. The van der Waals surface area contributed by atoms with Gasteiger partial charge < -0.3 is 24.5 Å². The molecule has 3 rings (SSSR count). The number of likely N-dealkylation sites (tertiary alicyclic amines) is 1. The highest BCUT2D eigenvalue weighted by Crippen LogP contribution is 2.23. The van der Waals surface area contributed by atoms with E-state index in [1.165, 1.54) is 12.5 Å². The zero-order chi connectivity index (χ0) is 16.8. The molecule has 0 amide bonds. The Morgan fingerprint density at radius 3 is 2.83 bits per heavy atom. The summed E-state index contributed by atoms with van der Waals surface area (Å²) in [6.45, 7) is 4.59. The van der Waals surface area contributed by atoms with Gasteiger partial charge in [0.1, 0.15) is 0 Å². The third-order valence-corrected chi connectivity index (χ3v) is 4.77. The molecule has 8 nitrogen and oxygen atoms in total. The highest BCUT2D eigenvalue weighted by molar-refractivity contribution is 5.14. The van der Waals surface area contributed by atoms with Gasteiger partial charge in [-0.25, -0.2) is 0 Å². The van der Waals surface area contributed by atoms with Gasteiger partial charge in [0, 0.05) is 26.2 Å². The van der Waals surface area contributed by atoms with Gasteiger partial charge in [-0.2, -0.15) is 4.68 Å². The fourth-order valence-corrected chi connectivity index (χ4v) is 3.38. The van der Waals surface area contributed by atoms with E-state index in [0.717, 1.165) is 65.0 Å². The quantitative estimate of drug-likeness (QED) is 0.431. The van der Waals surface area contributed by atoms with Crippen molar-refractivity contribution in [2.45, 2.75) is 50.9 Å². The summed E-state index contributed by atoms with van der Waals surface area (Å²) >= 11 is 0.